The molecule has 138 valence electrons. The molecule has 0 spiro atoms. The summed E-state index contributed by atoms with van der Waals surface area (Å²) in [5.41, 5.74) is 0.904. The van der Waals surface area contributed by atoms with Crippen LogP contribution in [0.3, 0.4) is 0 Å². The maximum atomic E-state index is 11.9. The topological polar surface area (TPSA) is 61.8 Å². The summed E-state index contributed by atoms with van der Waals surface area (Å²) >= 11 is 0. The van der Waals surface area contributed by atoms with Gasteiger partial charge in [-0.15, -0.1) is 0 Å². The summed E-state index contributed by atoms with van der Waals surface area (Å²) in [4.78, 5) is 23.8. The lowest BCUT2D eigenvalue weighted by atomic mass is 10.1. The number of fused-ring (bicyclic) bond motifs is 1. The Balaban J connectivity index is 1.45. The van der Waals surface area contributed by atoms with Gasteiger partial charge < -0.3 is 14.2 Å². The van der Waals surface area contributed by atoms with Gasteiger partial charge in [-0.1, -0.05) is 42.5 Å². The third-order valence-electron chi connectivity index (χ3n) is 4.02. The second-order valence-corrected chi connectivity index (χ2v) is 6.00. The molecule has 27 heavy (non-hydrogen) atoms. The molecule has 0 heterocycles. The summed E-state index contributed by atoms with van der Waals surface area (Å²) in [6, 6.07) is 20.6. The molecule has 0 aromatic heterocycles. The first-order valence-corrected chi connectivity index (χ1v) is 8.62. The first-order valence-electron chi connectivity index (χ1n) is 8.62. The zero-order valence-corrected chi connectivity index (χ0v) is 15.0. The van der Waals surface area contributed by atoms with Crippen LogP contribution >= 0.6 is 0 Å². The van der Waals surface area contributed by atoms with E-state index in [0.717, 1.165) is 16.3 Å². The third-order valence-corrected chi connectivity index (χ3v) is 4.02. The minimum atomic E-state index is -0.495. The molecule has 0 unspecified atom stereocenters. The number of carbonyl (C=O) groups excluding carboxylic acids is 2. The van der Waals surface area contributed by atoms with Crippen molar-refractivity contribution in [2.45, 2.75) is 19.4 Å². The van der Waals surface area contributed by atoms with Crippen LogP contribution < -0.4 is 9.47 Å². The van der Waals surface area contributed by atoms with Crippen molar-refractivity contribution in [2.24, 2.45) is 0 Å². The fraction of sp³-hybridized carbons (Fsp3) is 0.182. The van der Waals surface area contributed by atoms with Gasteiger partial charge in [0.05, 0.1) is 20.0 Å². The van der Waals surface area contributed by atoms with Crippen molar-refractivity contribution in [3.63, 3.8) is 0 Å². The maximum Gasteiger partial charge on any atom is 0.311 e. The van der Waals surface area contributed by atoms with Crippen LogP contribution in [0.25, 0.3) is 10.8 Å². The van der Waals surface area contributed by atoms with E-state index in [0.29, 0.717) is 11.5 Å². The molecule has 0 saturated carbocycles. The highest BCUT2D eigenvalue weighted by Gasteiger charge is 2.11. The summed E-state index contributed by atoms with van der Waals surface area (Å²) in [7, 11) is 1.53. The summed E-state index contributed by atoms with van der Waals surface area (Å²) in [5, 5.41) is 2.22. The fourth-order valence-electron chi connectivity index (χ4n) is 2.62. The van der Waals surface area contributed by atoms with Gasteiger partial charge in [-0.25, -0.2) is 0 Å². The van der Waals surface area contributed by atoms with Gasteiger partial charge in [-0.05, 0) is 34.5 Å². The smallest absolute Gasteiger partial charge is 0.311 e. The first kappa shape index (κ1) is 18.5. The molecule has 0 saturated heterocycles. The molecule has 0 amide bonds. The van der Waals surface area contributed by atoms with Crippen molar-refractivity contribution >= 4 is 22.7 Å². The third kappa shape index (κ3) is 5.31. The number of methoxy groups -OCH3 is 1. The number of esters is 2. The standard InChI is InChI=1S/C22H20O5/c1-25-19-7-4-8-20(14-19)27-22(24)12-11-21(23)26-15-16-9-10-17-5-2-3-6-18(17)13-16/h2-10,13-14H,11-12,15H2,1H3. The molecular formula is C22H20O5. The van der Waals surface area contributed by atoms with Gasteiger partial charge in [0.1, 0.15) is 18.1 Å². The van der Waals surface area contributed by atoms with Crippen molar-refractivity contribution in [3.8, 4) is 11.5 Å². The number of rotatable bonds is 7. The average Bonchev–Trinajstić information content (AvgIpc) is 2.70. The molecule has 3 rings (SSSR count). The molecule has 0 fully saturated rings. The Bertz CT molecular complexity index is 948. The van der Waals surface area contributed by atoms with E-state index in [1.54, 1.807) is 24.3 Å². The van der Waals surface area contributed by atoms with Crippen molar-refractivity contribution in [2.75, 3.05) is 7.11 Å². The van der Waals surface area contributed by atoms with E-state index >= 15 is 0 Å². The molecule has 0 aliphatic rings. The van der Waals surface area contributed by atoms with E-state index in [1.807, 2.05) is 42.5 Å². The minimum absolute atomic E-state index is 0.0314. The zero-order valence-electron chi connectivity index (χ0n) is 15.0. The molecule has 5 heteroatoms. The van der Waals surface area contributed by atoms with E-state index in [1.165, 1.54) is 7.11 Å². The van der Waals surface area contributed by atoms with E-state index in [-0.39, 0.29) is 19.4 Å². The highest BCUT2D eigenvalue weighted by Crippen LogP contribution is 2.19. The lowest BCUT2D eigenvalue weighted by molar-refractivity contribution is -0.148. The van der Waals surface area contributed by atoms with Gasteiger partial charge >= 0.3 is 11.9 Å². The van der Waals surface area contributed by atoms with Gasteiger partial charge in [-0.3, -0.25) is 9.59 Å². The normalized spacial score (nSPS) is 10.4. The SMILES string of the molecule is COc1cccc(OC(=O)CCC(=O)OCc2ccc3ccccc3c2)c1. The molecule has 0 aliphatic carbocycles. The van der Waals surface area contributed by atoms with Crippen LogP contribution in [0.2, 0.25) is 0 Å². The quantitative estimate of drug-likeness (QED) is 0.463. The van der Waals surface area contributed by atoms with Crippen molar-refractivity contribution in [1.82, 2.24) is 0 Å². The molecular weight excluding hydrogens is 344 g/mol. The molecule has 0 radical (unpaired) electrons. The van der Waals surface area contributed by atoms with Gasteiger partial charge in [0.15, 0.2) is 0 Å². The largest absolute Gasteiger partial charge is 0.497 e. The van der Waals surface area contributed by atoms with E-state index in [9.17, 15) is 9.59 Å². The van der Waals surface area contributed by atoms with E-state index < -0.39 is 11.9 Å². The van der Waals surface area contributed by atoms with Gasteiger partial charge in [0, 0.05) is 6.07 Å². The Morgan fingerprint density at radius 2 is 1.52 bits per heavy atom. The number of hydrogen-bond donors (Lipinski definition) is 0. The Kier molecular flexibility index (Phi) is 6.05. The zero-order chi connectivity index (χ0) is 19.1. The maximum absolute atomic E-state index is 11.9. The highest BCUT2D eigenvalue weighted by atomic mass is 16.5. The van der Waals surface area contributed by atoms with Gasteiger partial charge in [0.2, 0.25) is 0 Å². The van der Waals surface area contributed by atoms with Crippen molar-refractivity contribution in [3.05, 3.63) is 72.3 Å². The van der Waals surface area contributed by atoms with Crippen LogP contribution in [0.1, 0.15) is 18.4 Å². The summed E-state index contributed by atoms with van der Waals surface area (Å²) in [6.07, 6.45) is -0.0792. The van der Waals surface area contributed by atoms with Crippen molar-refractivity contribution in [1.29, 1.82) is 0 Å². The van der Waals surface area contributed by atoms with Gasteiger partial charge in [-0.2, -0.15) is 0 Å². The Hall–Kier alpha value is -3.34. The van der Waals surface area contributed by atoms with Crippen LogP contribution in [0.15, 0.2) is 66.7 Å². The predicted molar refractivity (Wildman–Crippen MR) is 102 cm³/mol. The Morgan fingerprint density at radius 3 is 2.33 bits per heavy atom. The first-order chi connectivity index (χ1) is 13.1. The molecule has 3 aromatic carbocycles. The average molecular weight is 364 g/mol. The minimum Gasteiger partial charge on any atom is -0.497 e. The number of ether oxygens (including phenoxy) is 3. The second-order valence-electron chi connectivity index (χ2n) is 6.00. The van der Waals surface area contributed by atoms with Crippen LogP contribution in [-0.4, -0.2) is 19.0 Å². The van der Waals surface area contributed by atoms with Crippen LogP contribution in [0.5, 0.6) is 11.5 Å². The van der Waals surface area contributed by atoms with E-state index in [4.69, 9.17) is 14.2 Å². The predicted octanol–water partition coefficient (Wildman–Crippen LogP) is 4.28. The molecule has 0 aliphatic heterocycles. The lowest BCUT2D eigenvalue weighted by Gasteiger charge is -2.07. The number of hydrogen-bond acceptors (Lipinski definition) is 5. The fourth-order valence-corrected chi connectivity index (χ4v) is 2.62. The molecule has 3 aromatic rings. The molecule has 0 bridgehead atoms. The van der Waals surface area contributed by atoms with Crippen LogP contribution in [0, 0.1) is 0 Å². The highest BCUT2D eigenvalue weighted by molar-refractivity contribution is 5.83. The van der Waals surface area contributed by atoms with Crippen LogP contribution in [0.4, 0.5) is 0 Å². The lowest BCUT2D eigenvalue weighted by Crippen LogP contribution is -2.12. The summed E-state index contributed by atoms with van der Waals surface area (Å²) in [6.45, 7) is 0.175. The van der Waals surface area contributed by atoms with Gasteiger partial charge in [0.25, 0.3) is 0 Å². The summed E-state index contributed by atoms with van der Waals surface area (Å²) < 4.78 is 15.5. The van der Waals surface area contributed by atoms with Crippen LogP contribution in [-0.2, 0) is 20.9 Å². The summed E-state index contributed by atoms with van der Waals surface area (Å²) in [5.74, 6) is 0.0376. The van der Waals surface area contributed by atoms with E-state index in [2.05, 4.69) is 0 Å². The van der Waals surface area contributed by atoms with Crippen molar-refractivity contribution < 1.29 is 23.8 Å². The molecule has 5 nitrogen and oxygen atoms in total. The Labute approximate surface area is 157 Å². The molecule has 0 N–H and O–H groups in total. The number of benzene rings is 3. The number of carbonyl (C=O) groups is 2. The second kappa shape index (κ2) is 8.85. The Morgan fingerprint density at radius 1 is 0.778 bits per heavy atom. The molecule has 0 atom stereocenters. The monoisotopic (exact) mass is 364 g/mol.